The number of amides is 3. The molecule has 0 saturated heterocycles. The van der Waals surface area contributed by atoms with Crippen molar-refractivity contribution in [2.45, 2.75) is 97.9 Å². The molecule has 0 saturated carbocycles. The highest BCUT2D eigenvalue weighted by molar-refractivity contribution is 5.68. The van der Waals surface area contributed by atoms with Crippen LogP contribution in [0.1, 0.15) is 85.6 Å². The number of carbonyl (C=O) groups is 3. The molecule has 0 spiro atoms. The fourth-order valence-corrected chi connectivity index (χ4v) is 3.69. The molecule has 0 fully saturated rings. The van der Waals surface area contributed by atoms with Crippen LogP contribution >= 0.6 is 0 Å². The van der Waals surface area contributed by atoms with Gasteiger partial charge in [0.1, 0.15) is 17.8 Å². The molecular formula is C30H52N4O6. The molecule has 1 rings (SSSR count). The van der Waals surface area contributed by atoms with Crippen molar-refractivity contribution in [1.82, 2.24) is 15.1 Å². The predicted molar refractivity (Wildman–Crippen MR) is 157 cm³/mol. The van der Waals surface area contributed by atoms with E-state index in [2.05, 4.69) is 5.32 Å². The molecular weight excluding hydrogens is 512 g/mol. The lowest BCUT2D eigenvalue weighted by Crippen LogP contribution is -2.39. The van der Waals surface area contributed by atoms with Gasteiger partial charge >= 0.3 is 18.3 Å². The van der Waals surface area contributed by atoms with Gasteiger partial charge in [0.05, 0.1) is 0 Å². The Morgan fingerprint density at radius 1 is 0.725 bits per heavy atom. The third-order valence-corrected chi connectivity index (χ3v) is 5.63. The standard InChI is InChI=1S/C30H52N4O6/c1-29(2,3)39-27(36)33(20-12-10-18-31)22-14-15-23-34(28(37)40-30(4,5)6)21-13-11-19-32-26(35)38-24-25-16-8-7-9-17-25/h7-9,16-17H,10-15,18-24,31H2,1-6H3,(H,32,35). The number of benzene rings is 1. The van der Waals surface area contributed by atoms with Gasteiger partial charge < -0.3 is 35.1 Å². The largest absolute Gasteiger partial charge is 0.445 e. The summed E-state index contributed by atoms with van der Waals surface area (Å²) in [5.41, 5.74) is 5.38. The molecule has 228 valence electrons. The van der Waals surface area contributed by atoms with Crippen LogP contribution in [0.25, 0.3) is 0 Å². The van der Waals surface area contributed by atoms with Crippen LogP contribution in [0.3, 0.4) is 0 Å². The minimum absolute atomic E-state index is 0.220. The third-order valence-electron chi connectivity index (χ3n) is 5.63. The first-order valence-corrected chi connectivity index (χ1v) is 14.4. The molecule has 1 aromatic carbocycles. The fourth-order valence-electron chi connectivity index (χ4n) is 3.69. The van der Waals surface area contributed by atoms with Crippen LogP contribution in [0.4, 0.5) is 14.4 Å². The molecule has 3 amide bonds. The number of unbranched alkanes of at least 4 members (excludes halogenated alkanes) is 3. The Kier molecular flexibility index (Phi) is 16.1. The Labute approximate surface area is 240 Å². The maximum atomic E-state index is 12.8. The van der Waals surface area contributed by atoms with E-state index < -0.39 is 17.3 Å². The Balaban J connectivity index is 2.51. The van der Waals surface area contributed by atoms with Crippen molar-refractivity contribution >= 4 is 18.3 Å². The summed E-state index contributed by atoms with van der Waals surface area (Å²) in [6.45, 7) is 14.5. The maximum Gasteiger partial charge on any atom is 0.410 e. The molecule has 3 N–H and O–H groups in total. The molecule has 10 nitrogen and oxygen atoms in total. The summed E-state index contributed by atoms with van der Waals surface area (Å²) >= 11 is 0. The lowest BCUT2D eigenvalue weighted by Gasteiger charge is -2.29. The minimum atomic E-state index is -0.601. The fraction of sp³-hybridized carbons (Fsp3) is 0.700. The molecule has 0 heterocycles. The normalized spacial score (nSPS) is 11.5. The van der Waals surface area contributed by atoms with Crippen LogP contribution in [-0.4, -0.2) is 78.6 Å². The molecule has 0 unspecified atom stereocenters. The number of nitrogens with two attached hydrogens (primary N) is 1. The molecule has 0 aromatic heterocycles. The second-order valence-electron chi connectivity index (χ2n) is 11.8. The third kappa shape index (κ3) is 17.6. The summed E-state index contributed by atoms with van der Waals surface area (Å²) in [5, 5.41) is 2.75. The first-order valence-electron chi connectivity index (χ1n) is 14.4. The molecule has 0 atom stereocenters. The first kappa shape index (κ1) is 35.0. The van der Waals surface area contributed by atoms with Crippen LogP contribution in [0.5, 0.6) is 0 Å². The second kappa shape index (κ2) is 18.4. The number of hydrogen-bond donors (Lipinski definition) is 2. The number of hydrogen-bond acceptors (Lipinski definition) is 7. The van der Waals surface area contributed by atoms with E-state index in [9.17, 15) is 14.4 Å². The summed E-state index contributed by atoms with van der Waals surface area (Å²) in [6.07, 6.45) is 3.30. The van der Waals surface area contributed by atoms with E-state index in [1.165, 1.54) is 0 Å². The average molecular weight is 565 g/mol. The van der Waals surface area contributed by atoms with Crippen LogP contribution in [-0.2, 0) is 20.8 Å². The summed E-state index contributed by atoms with van der Waals surface area (Å²) in [6, 6.07) is 9.50. The van der Waals surface area contributed by atoms with E-state index in [0.29, 0.717) is 58.5 Å². The summed E-state index contributed by atoms with van der Waals surface area (Å²) in [5.74, 6) is 0. The zero-order valence-corrected chi connectivity index (χ0v) is 25.5. The van der Waals surface area contributed by atoms with Gasteiger partial charge in [0.15, 0.2) is 0 Å². The van der Waals surface area contributed by atoms with Crippen molar-refractivity contribution < 1.29 is 28.6 Å². The van der Waals surface area contributed by atoms with Crippen LogP contribution in [0.15, 0.2) is 30.3 Å². The van der Waals surface area contributed by atoms with Gasteiger partial charge in [-0.3, -0.25) is 0 Å². The van der Waals surface area contributed by atoms with Crippen molar-refractivity contribution in [3.8, 4) is 0 Å². The van der Waals surface area contributed by atoms with Gasteiger partial charge in [-0.15, -0.1) is 0 Å². The zero-order valence-electron chi connectivity index (χ0n) is 25.5. The highest BCUT2D eigenvalue weighted by atomic mass is 16.6. The molecule has 1 aromatic rings. The molecule has 40 heavy (non-hydrogen) atoms. The topological polar surface area (TPSA) is 123 Å². The number of nitrogens with zero attached hydrogens (tertiary/aromatic N) is 2. The lowest BCUT2D eigenvalue weighted by molar-refractivity contribution is 0.0207. The summed E-state index contributed by atoms with van der Waals surface area (Å²) < 4.78 is 16.4. The first-order chi connectivity index (χ1) is 18.8. The second-order valence-corrected chi connectivity index (χ2v) is 11.8. The molecule has 10 heteroatoms. The van der Waals surface area contributed by atoms with Gasteiger partial charge in [0.2, 0.25) is 0 Å². The number of ether oxygens (including phenoxy) is 3. The van der Waals surface area contributed by atoms with Gasteiger partial charge in [-0.25, -0.2) is 14.4 Å². The Bertz CT molecular complexity index is 867. The highest BCUT2D eigenvalue weighted by Gasteiger charge is 2.23. The van der Waals surface area contributed by atoms with Crippen molar-refractivity contribution in [2.75, 3.05) is 39.3 Å². The van der Waals surface area contributed by atoms with Gasteiger partial charge in [0.25, 0.3) is 0 Å². The predicted octanol–water partition coefficient (Wildman–Crippen LogP) is 5.69. The van der Waals surface area contributed by atoms with Gasteiger partial charge in [0, 0.05) is 32.7 Å². The Hall–Kier alpha value is -3.01. The number of alkyl carbamates (subject to hydrolysis) is 1. The molecule has 0 aliphatic carbocycles. The van der Waals surface area contributed by atoms with E-state index in [0.717, 1.165) is 24.8 Å². The van der Waals surface area contributed by atoms with E-state index in [1.807, 2.05) is 71.9 Å². The molecule has 0 radical (unpaired) electrons. The highest BCUT2D eigenvalue weighted by Crippen LogP contribution is 2.14. The SMILES string of the molecule is CC(C)(C)OC(=O)N(CCCCN)CCCCN(CCCCNC(=O)OCc1ccccc1)C(=O)OC(C)(C)C. The van der Waals surface area contributed by atoms with E-state index in [-0.39, 0.29) is 18.8 Å². The number of rotatable bonds is 16. The Morgan fingerprint density at radius 3 is 1.62 bits per heavy atom. The lowest BCUT2D eigenvalue weighted by atomic mass is 10.2. The average Bonchev–Trinajstić information content (AvgIpc) is 2.85. The van der Waals surface area contributed by atoms with E-state index >= 15 is 0 Å². The minimum Gasteiger partial charge on any atom is -0.445 e. The van der Waals surface area contributed by atoms with Crippen LogP contribution in [0.2, 0.25) is 0 Å². The van der Waals surface area contributed by atoms with E-state index in [1.54, 1.807) is 9.80 Å². The molecule has 0 bridgehead atoms. The molecule has 0 aliphatic heterocycles. The monoisotopic (exact) mass is 564 g/mol. The van der Waals surface area contributed by atoms with Gasteiger partial charge in [-0.1, -0.05) is 30.3 Å². The summed E-state index contributed by atoms with van der Waals surface area (Å²) in [4.78, 5) is 40.9. The number of nitrogens with one attached hydrogen (secondary N) is 1. The van der Waals surface area contributed by atoms with Crippen LogP contribution < -0.4 is 11.1 Å². The zero-order chi connectivity index (χ0) is 30.0. The van der Waals surface area contributed by atoms with Gasteiger partial charge in [-0.05, 0) is 92.2 Å². The van der Waals surface area contributed by atoms with Crippen molar-refractivity contribution in [2.24, 2.45) is 5.73 Å². The van der Waals surface area contributed by atoms with Crippen molar-refractivity contribution in [1.29, 1.82) is 0 Å². The van der Waals surface area contributed by atoms with Crippen molar-refractivity contribution in [3.63, 3.8) is 0 Å². The van der Waals surface area contributed by atoms with E-state index in [4.69, 9.17) is 19.9 Å². The molecule has 0 aliphatic rings. The summed E-state index contributed by atoms with van der Waals surface area (Å²) in [7, 11) is 0. The van der Waals surface area contributed by atoms with Crippen LogP contribution in [0, 0.1) is 0 Å². The van der Waals surface area contributed by atoms with Crippen molar-refractivity contribution in [3.05, 3.63) is 35.9 Å². The Morgan fingerprint density at radius 2 is 1.18 bits per heavy atom. The quantitative estimate of drug-likeness (QED) is 0.195. The van der Waals surface area contributed by atoms with Gasteiger partial charge in [-0.2, -0.15) is 0 Å². The maximum absolute atomic E-state index is 12.8. The number of carbonyl (C=O) groups excluding carboxylic acids is 3. The smallest absolute Gasteiger partial charge is 0.410 e.